The molecule has 2 bridgehead atoms. The van der Waals surface area contributed by atoms with E-state index in [9.17, 15) is 10.2 Å². The molecule has 3 nitrogen and oxygen atoms in total. The average Bonchev–Trinajstić information content (AvgIpc) is 2.19. The van der Waals surface area contributed by atoms with E-state index >= 15 is 0 Å². The molecular formula is C13H25NO2. The fourth-order valence-electron chi connectivity index (χ4n) is 3.83. The van der Waals surface area contributed by atoms with Crippen LogP contribution in [0.1, 0.15) is 40.5 Å². The van der Waals surface area contributed by atoms with Crippen LogP contribution in [0.4, 0.5) is 0 Å². The molecule has 3 N–H and O–H groups in total. The smallest absolute Gasteiger partial charge is 0.106 e. The minimum absolute atomic E-state index is 0.0503. The topological polar surface area (TPSA) is 52.5 Å². The Bertz CT molecular complexity index is 277. The fraction of sp³-hybridized carbons (Fsp3) is 1.00. The van der Waals surface area contributed by atoms with Gasteiger partial charge < -0.3 is 15.5 Å². The van der Waals surface area contributed by atoms with Gasteiger partial charge in [-0.1, -0.05) is 27.7 Å². The highest BCUT2D eigenvalue weighted by atomic mass is 16.3. The van der Waals surface area contributed by atoms with Crippen LogP contribution < -0.4 is 5.32 Å². The Kier molecular flexibility index (Phi) is 2.84. The largest absolute Gasteiger partial charge is 0.393 e. The van der Waals surface area contributed by atoms with Crippen LogP contribution in [0, 0.1) is 17.3 Å². The molecule has 0 aliphatic heterocycles. The maximum atomic E-state index is 10.7. The van der Waals surface area contributed by atoms with E-state index in [1.165, 1.54) is 0 Å². The van der Waals surface area contributed by atoms with E-state index in [1.807, 2.05) is 0 Å². The molecule has 3 fully saturated rings. The summed E-state index contributed by atoms with van der Waals surface area (Å²) in [5.74, 6) is 0.931. The van der Waals surface area contributed by atoms with Gasteiger partial charge in [0.05, 0.1) is 6.61 Å². The van der Waals surface area contributed by atoms with Gasteiger partial charge in [0, 0.05) is 12.1 Å². The number of aliphatic hydroxyl groups is 2. The minimum atomic E-state index is -0.928. The first-order chi connectivity index (χ1) is 7.32. The molecule has 16 heavy (non-hydrogen) atoms. The van der Waals surface area contributed by atoms with Crippen LogP contribution >= 0.6 is 0 Å². The number of hydrogen-bond donors (Lipinski definition) is 3. The van der Waals surface area contributed by atoms with E-state index in [0.29, 0.717) is 12.0 Å². The second-order valence-electron chi connectivity index (χ2n) is 6.57. The van der Waals surface area contributed by atoms with Crippen molar-refractivity contribution < 1.29 is 10.2 Å². The second-order valence-corrected chi connectivity index (χ2v) is 6.57. The zero-order chi connectivity index (χ0) is 12.1. The third kappa shape index (κ3) is 1.52. The molecule has 3 aliphatic carbocycles. The molecule has 3 saturated carbocycles. The third-order valence-electron chi connectivity index (χ3n) is 4.99. The van der Waals surface area contributed by atoms with Gasteiger partial charge in [-0.3, -0.25) is 0 Å². The Labute approximate surface area is 98.2 Å². The van der Waals surface area contributed by atoms with Gasteiger partial charge in [0.1, 0.15) is 5.60 Å². The van der Waals surface area contributed by atoms with Crippen LogP contribution in [0.3, 0.4) is 0 Å². The molecule has 3 heteroatoms. The molecule has 4 atom stereocenters. The lowest BCUT2D eigenvalue weighted by atomic mass is 9.43. The van der Waals surface area contributed by atoms with Gasteiger partial charge in [0.25, 0.3) is 0 Å². The molecule has 0 aromatic carbocycles. The number of nitrogens with one attached hydrogen (secondary N) is 1. The third-order valence-corrected chi connectivity index (χ3v) is 4.99. The molecule has 94 valence electrons. The summed E-state index contributed by atoms with van der Waals surface area (Å²) >= 11 is 0. The molecule has 0 radical (unpaired) electrons. The standard InChI is InChI=1S/C13H25NO2/c1-8(2)14-11-6-9-5-10(12(9,3)4)13(11,16)7-15/h8-11,14-16H,5-7H2,1-4H3/t9-,10-,11+,13-/m1/s1. The van der Waals surface area contributed by atoms with Gasteiger partial charge >= 0.3 is 0 Å². The number of fused-ring (bicyclic) bond motifs is 2. The Morgan fingerprint density at radius 1 is 1.31 bits per heavy atom. The Balaban J connectivity index is 2.19. The molecule has 3 aliphatic rings. The predicted molar refractivity (Wildman–Crippen MR) is 64.1 cm³/mol. The van der Waals surface area contributed by atoms with Crippen LogP contribution in [-0.4, -0.2) is 34.5 Å². The van der Waals surface area contributed by atoms with Crippen molar-refractivity contribution in [1.29, 1.82) is 0 Å². The quantitative estimate of drug-likeness (QED) is 0.678. The molecular weight excluding hydrogens is 202 g/mol. The average molecular weight is 227 g/mol. The van der Waals surface area contributed by atoms with Gasteiger partial charge in [-0.2, -0.15) is 0 Å². The second kappa shape index (κ2) is 3.69. The maximum Gasteiger partial charge on any atom is 0.106 e. The van der Waals surface area contributed by atoms with Gasteiger partial charge in [-0.15, -0.1) is 0 Å². The van der Waals surface area contributed by atoms with E-state index in [1.54, 1.807) is 0 Å². The Morgan fingerprint density at radius 2 is 1.94 bits per heavy atom. The lowest BCUT2D eigenvalue weighted by molar-refractivity contribution is -0.232. The molecule has 3 rings (SSSR count). The van der Waals surface area contributed by atoms with Crippen LogP contribution in [0.25, 0.3) is 0 Å². The summed E-state index contributed by atoms with van der Waals surface area (Å²) < 4.78 is 0. The summed E-state index contributed by atoms with van der Waals surface area (Å²) in [6.07, 6.45) is 2.05. The van der Waals surface area contributed by atoms with Crippen LogP contribution in [0.5, 0.6) is 0 Å². The number of rotatable bonds is 3. The summed E-state index contributed by atoms with van der Waals surface area (Å²) in [4.78, 5) is 0. The first kappa shape index (κ1) is 12.3. The van der Waals surface area contributed by atoms with E-state index in [-0.39, 0.29) is 24.0 Å². The van der Waals surface area contributed by atoms with Gasteiger partial charge in [-0.05, 0) is 30.1 Å². The van der Waals surface area contributed by atoms with Crippen molar-refractivity contribution in [3.63, 3.8) is 0 Å². The van der Waals surface area contributed by atoms with Crippen LogP contribution in [0.15, 0.2) is 0 Å². The fourth-order valence-corrected chi connectivity index (χ4v) is 3.83. The summed E-state index contributed by atoms with van der Waals surface area (Å²) in [6, 6.07) is 0.401. The van der Waals surface area contributed by atoms with Crippen molar-refractivity contribution in [3.8, 4) is 0 Å². The van der Waals surface area contributed by atoms with Gasteiger partial charge in [0.2, 0.25) is 0 Å². The molecule has 0 amide bonds. The van der Waals surface area contributed by atoms with Crippen molar-refractivity contribution in [2.45, 2.75) is 58.2 Å². The molecule has 0 heterocycles. The first-order valence-electron chi connectivity index (χ1n) is 6.41. The zero-order valence-electron chi connectivity index (χ0n) is 10.8. The normalized spacial score (nSPS) is 45.6. The molecule has 0 aromatic heterocycles. The van der Waals surface area contributed by atoms with Gasteiger partial charge in [0.15, 0.2) is 0 Å². The van der Waals surface area contributed by atoms with Gasteiger partial charge in [-0.25, -0.2) is 0 Å². The molecule has 0 unspecified atom stereocenters. The molecule has 0 spiro atoms. The lowest BCUT2D eigenvalue weighted by Gasteiger charge is -2.66. The number of aliphatic hydroxyl groups excluding tert-OH is 1. The van der Waals surface area contributed by atoms with Crippen LogP contribution in [-0.2, 0) is 0 Å². The monoisotopic (exact) mass is 227 g/mol. The maximum absolute atomic E-state index is 10.7. The molecule has 0 aromatic rings. The highest BCUT2D eigenvalue weighted by molar-refractivity contribution is 5.16. The van der Waals surface area contributed by atoms with E-state index in [2.05, 4.69) is 33.0 Å². The van der Waals surface area contributed by atoms with Crippen molar-refractivity contribution >= 4 is 0 Å². The number of hydrogen-bond acceptors (Lipinski definition) is 3. The van der Waals surface area contributed by atoms with Crippen molar-refractivity contribution in [3.05, 3.63) is 0 Å². The van der Waals surface area contributed by atoms with E-state index in [0.717, 1.165) is 12.8 Å². The highest BCUT2D eigenvalue weighted by Crippen LogP contribution is 2.62. The minimum Gasteiger partial charge on any atom is -0.393 e. The van der Waals surface area contributed by atoms with Crippen molar-refractivity contribution in [2.24, 2.45) is 17.3 Å². The molecule has 0 saturated heterocycles. The Morgan fingerprint density at radius 3 is 2.38 bits per heavy atom. The van der Waals surface area contributed by atoms with E-state index < -0.39 is 5.60 Å². The highest BCUT2D eigenvalue weighted by Gasteiger charge is 2.64. The van der Waals surface area contributed by atoms with Crippen LogP contribution in [0.2, 0.25) is 0 Å². The predicted octanol–water partition coefficient (Wildman–Crippen LogP) is 1.14. The van der Waals surface area contributed by atoms with E-state index in [4.69, 9.17) is 0 Å². The first-order valence-corrected chi connectivity index (χ1v) is 6.41. The van der Waals surface area contributed by atoms with Crippen molar-refractivity contribution in [2.75, 3.05) is 6.61 Å². The van der Waals surface area contributed by atoms with Crippen molar-refractivity contribution in [1.82, 2.24) is 5.32 Å². The Hall–Kier alpha value is -0.120. The summed E-state index contributed by atoms with van der Waals surface area (Å²) in [6.45, 7) is 8.49. The summed E-state index contributed by atoms with van der Waals surface area (Å²) in [7, 11) is 0. The zero-order valence-corrected chi connectivity index (χ0v) is 10.8. The summed E-state index contributed by atoms with van der Waals surface area (Å²) in [5.41, 5.74) is -0.741. The lowest BCUT2D eigenvalue weighted by Crippen LogP contribution is -2.72. The SMILES string of the molecule is CC(C)N[C@H]1C[C@H]2C[C@H](C2(C)C)[C@]1(O)CO. The summed E-state index contributed by atoms with van der Waals surface area (Å²) in [5, 5.41) is 23.7.